The van der Waals surface area contributed by atoms with Gasteiger partial charge in [0.05, 0.1) is 18.2 Å². The molecule has 0 saturated carbocycles. The molecular weight excluding hydrogens is 411 g/mol. The van der Waals surface area contributed by atoms with E-state index in [1.807, 2.05) is 0 Å². The molecule has 154 valence electrons. The molecule has 1 aliphatic heterocycles. The molecule has 3 aromatic rings. The van der Waals surface area contributed by atoms with Crippen LogP contribution in [0.3, 0.4) is 0 Å². The van der Waals surface area contributed by atoms with Gasteiger partial charge in [-0.3, -0.25) is 0 Å². The molecule has 29 heavy (non-hydrogen) atoms. The van der Waals surface area contributed by atoms with Crippen LogP contribution in [0.5, 0.6) is 11.5 Å². The lowest BCUT2D eigenvalue weighted by Crippen LogP contribution is -2.15. The molecular formula is C18H17ClF3N5O2. The third-order valence-corrected chi connectivity index (χ3v) is 4.95. The van der Waals surface area contributed by atoms with E-state index in [0.29, 0.717) is 51.2 Å². The van der Waals surface area contributed by atoms with Gasteiger partial charge in [-0.1, -0.05) is 11.6 Å². The molecule has 0 unspecified atom stereocenters. The molecule has 7 nitrogen and oxygen atoms in total. The number of fused-ring (bicyclic) bond motifs is 2. The lowest BCUT2D eigenvalue weighted by atomic mass is 10.1. The third kappa shape index (κ3) is 3.64. The highest BCUT2D eigenvalue weighted by Gasteiger charge is 2.38. The number of hydrogen-bond acceptors (Lipinski definition) is 6. The summed E-state index contributed by atoms with van der Waals surface area (Å²) in [5.41, 5.74) is 2.08. The molecule has 2 aromatic heterocycles. The Morgan fingerprint density at radius 2 is 1.90 bits per heavy atom. The summed E-state index contributed by atoms with van der Waals surface area (Å²) in [6.07, 6.45) is -3.91. The van der Waals surface area contributed by atoms with Crippen molar-refractivity contribution in [1.29, 1.82) is 0 Å². The van der Waals surface area contributed by atoms with Crippen LogP contribution in [0, 0.1) is 13.8 Å². The zero-order valence-electron chi connectivity index (χ0n) is 15.6. The first-order valence-electron chi connectivity index (χ1n) is 8.87. The van der Waals surface area contributed by atoms with Crippen molar-refractivity contribution in [3.05, 3.63) is 39.7 Å². The Morgan fingerprint density at radius 3 is 2.66 bits per heavy atom. The average molecular weight is 428 g/mol. The van der Waals surface area contributed by atoms with Crippen LogP contribution in [0.2, 0.25) is 5.02 Å². The number of aromatic nitrogens is 4. The number of ether oxygens (including phenoxy) is 2. The molecule has 1 aromatic carbocycles. The van der Waals surface area contributed by atoms with Gasteiger partial charge in [0.1, 0.15) is 0 Å². The zero-order chi connectivity index (χ0) is 20.8. The summed E-state index contributed by atoms with van der Waals surface area (Å²) in [6.45, 7) is 4.75. The van der Waals surface area contributed by atoms with Crippen LogP contribution < -0.4 is 14.8 Å². The minimum atomic E-state index is -4.66. The van der Waals surface area contributed by atoms with Crippen LogP contribution in [0.1, 0.15) is 28.9 Å². The predicted molar refractivity (Wildman–Crippen MR) is 99.6 cm³/mol. The van der Waals surface area contributed by atoms with Crippen molar-refractivity contribution in [3.8, 4) is 11.5 Å². The minimum Gasteiger partial charge on any atom is -0.489 e. The predicted octanol–water partition coefficient (Wildman–Crippen LogP) is 4.19. The van der Waals surface area contributed by atoms with Crippen molar-refractivity contribution < 1.29 is 22.6 Å². The summed E-state index contributed by atoms with van der Waals surface area (Å²) >= 11 is 6.30. The summed E-state index contributed by atoms with van der Waals surface area (Å²) in [6, 6.07) is 3.52. The standard InChI is InChI=1S/C18H17ClF3N5O2/c1-9-10(2)16-24-25-17(18(20,21)22)27(16)26-15(9)23-8-11-6-12(19)14-13(7-11)28-4-3-5-29-14/h6-7H,3-5,8H2,1-2H3,(H,23,26). The average Bonchev–Trinajstić information content (AvgIpc) is 2.95. The highest BCUT2D eigenvalue weighted by Crippen LogP contribution is 2.38. The number of rotatable bonds is 3. The second-order valence-electron chi connectivity index (χ2n) is 6.66. The van der Waals surface area contributed by atoms with Crippen molar-refractivity contribution in [3.63, 3.8) is 0 Å². The number of benzene rings is 1. The van der Waals surface area contributed by atoms with Gasteiger partial charge in [0, 0.05) is 18.5 Å². The maximum Gasteiger partial charge on any atom is 0.453 e. The van der Waals surface area contributed by atoms with Gasteiger partial charge in [-0.2, -0.15) is 17.7 Å². The lowest BCUT2D eigenvalue weighted by Gasteiger charge is -2.14. The molecule has 0 saturated heterocycles. The molecule has 0 bridgehead atoms. The van der Waals surface area contributed by atoms with Crippen LogP contribution in [0.25, 0.3) is 5.65 Å². The van der Waals surface area contributed by atoms with Crippen LogP contribution in [0.4, 0.5) is 19.0 Å². The van der Waals surface area contributed by atoms with Crippen molar-refractivity contribution in [2.75, 3.05) is 18.5 Å². The molecule has 1 N–H and O–H groups in total. The zero-order valence-corrected chi connectivity index (χ0v) is 16.4. The van der Waals surface area contributed by atoms with E-state index < -0.39 is 12.0 Å². The number of nitrogens with zero attached hydrogens (tertiary/aromatic N) is 4. The van der Waals surface area contributed by atoms with E-state index in [4.69, 9.17) is 21.1 Å². The summed E-state index contributed by atoms with van der Waals surface area (Å²) < 4.78 is 51.5. The van der Waals surface area contributed by atoms with E-state index in [2.05, 4.69) is 20.6 Å². The van der Waals surface area contributed by atoms with Gasteiger partial charge in [0.2, 0.25) is 0 Å². The normalized spacial score (nSPS) is 14.1. The Labute approximate surface area is 168 Å². The highest BCUT2D eigenvalue weighted by molar-refractivity contribution is 6.32. The fourth-order valence-corrected chi connectivity index (χ4v) is 3.33. The fourth-order valence-electron chi connectivity index (χ4n) is 3.05. The number of anilines is 1. The molecule has 1 aliphatic rings. The van der Waals surface area contributed by atoms with Gasteiger partial charge in [0.25, 0.3) is 5.82 Å². The molecule has 0 atom stereocenters. The van der Waals surface area contributed by atoms with E-state index in [-0.39, 0.29) is 12.2 Å². The second-order valence-corrected chi connectivity index (χ2v) is 7.07. The fraction of sp³-hybridized carbons (Fsp3) is 0.389. The SMILES string of the molecule is Cc1c(NCc2cc(Cl)c3c(c2)OCCCO3)nn2c(C(F)(F)F)nnc2c1C. The van der Waals surface area contributed by atoms with Gasteiger partial charge in [0.15, 0.2) is 23.0 Å². The first-order valence-corrected chi connectivity index (χ1v) is 9.25. The Balaban J connectivity index is 1.66. The first-order chi connectivity index (χ1) is 13.8. The Hall–Kier alpha value is -2.75. The quantitative estimate of drug-likeness (QED) is 0.675. The summed E-state index contributed by atoms with van der Waals surface area (Å²) in [5.74, 6) is 0.167. The van der Waals surface area contributed by atoms with Crippen LogP contribution >= 0.6 is 11.6 Å². The molecule has 0 aliphatic carbocycles. The molecule has 0 amide bonds. The number of hydrogen-bond donors (Lipinski definition) is 1. The minimum absolute atomic E-state index is 0.0685. The van der Waals surface area contributed by atoms with Crippen molar-refractivity contribution in [2.24, 2.45) is 0 Å². The topological polar surface area (TPSA) is 73.6 Å². The molecule has 0 fully saturated rings. The Morgan fingerprint density at radius 1 is 1.14 bits per heavy atom. The number of nitrogens with one attached hydrogen (secondary N) is 1. The smallest absolute Gasteiger partial charge is 0.453 e. The van der Waals surface area contributed by atoms with Gasteiger partial charge in [-0.05, 0) is 37.1 Å². The van der Waals surface area contributed by atoms with Crippen molar-refractivity contribution in [1.82, 2.24) is 19.8 Å². The Kier molecular flexibility index (Phi) is 4.89. The van der Waals surface area contributed by atoms with Crippen LogP contribution in [-0.4, -0.2) is 33.0 Å². The summed E-state index contributed by atoms with van der Waals surface area (Å²) in [5, 5.41) is 14.4. The monoisotopic (exact) mass is 427 g/mol. The maximum atomic E-state index is 13.2. The lowest BCUT2D eigenvalue weighted by molar-refractivity contribution is -0.146. The number of alkyl halides is 3. The summed E-state index contributed by atoms with van der Waals surface area (Å²) in [7, 11) is 0. The van der Waals surface area contributed by atoms with E-state index in [1.54, 1.807) is 26.0 Å². The van der Waals surface area contributed by atoms with E-state index >= 15 is 0 Å². The van der Waals surface area contributed by atoms with Crippen molar-refractivity contribution >= 4 is 23.1 Å². The van der Waals surface area contributed by atoms with E-state index in [9.17, 15) is 13.2 Å². The number of aryl methyl sites for hydroxylation is 1. The molecule has 3 heterocycles. The first kappa shape index (κ1) is 19.6. The highest BCUT2D eigenvalue weighted by atomic mass is 35.5. The van der Waals surface area contributed by atoms with Crippen LogP contribution in [-0.2, 0) is 12.7 Å². The maximum absolute atomic E-state index is 13.2. The second kappa shape index (κ2) is 7.25. The largest absolute Gasteiger partial charge is 0.489 e. The molecule has 0 radical (unpaired) electrons. The van der Waals surface area contributed by atoms with E-state index in [1.165, 1.54) is 0 Å². The molecule has 0 spiro atoms. The van der Waals surface area contributed by atoms with E-state index in [0.717, 1.165) is 12.0 Å². The third-order valence-electron chi connectivity index (χ3n) is 4.67. The van der Waals surface area contributed by atoms with Gasteiger partial charge in [-0.25, -0.2) is 0 Å². The van der Waals surface area contributed by atoms with Gasteiger partial charge in [-0.15, -0.1) is 15.3 Å². The van der Waals surface area contributed by atoms with Crippen LogP contribution in [0.15, 0.2) is 12.1 Å². The number of halogens is 4. The van der Waals surface area contributed by atoms with Gasteiger partial charge < -0.3 is 14.8 Å². The molecule has 11 heteroatoms. The Bertz CT molecular complexity index is 1080. The van der Waals surface area contributed by atoms with Crippen molar-refractivity contribution in [2.45, 2.75) is 33.0 Å². The molecule has 4 rings (SSSR count). The van der Waals surface area contributed by atoms with Gasteiger partial charge >= 0.3 is 6.18 Å². The summed E-state index contributed by atoms with van der Waals surface area (Å²) in [4.78, 5) is 0.